The second kappa shape index (κ2) is 6.28. The van der Waals surface area contributed by atoms with Crippen molar-refractivity contribution in [3.8, 4) is 0 Å². The van der Waals surface area contributed by atoms with Gasteiger partial charge in [0.05, 0.1) is 6.61 Å². The van der Waals surface area contributed by atoms with Gasteiger partial charge in [-0.05, 0) is 36.0 Å². The van der Waals surface area contributed by atoms with Crippen molar-refractivity contribution >= 4 is 10.9 Å². The van der Waals surface area contributed by atoms with E-state index in [1.54, 1.807) is 0 Å². The molecule has 0 radical (unpaired) electrons. The second-order valence-electron chi connectivity index (χ2n) is 4.61. The van der Waals surface area contributed by atoms with E-state index in [-0.39, 0.29) is 6.61 Å². The average molecular weight is 286 g/mol. The van der Waals surface area contributed by atoms with Crippen LogP contribution in [0.4, 0.5) is 13.2 Å². The maximum absolute atomic E-state index is 12.0. The Morgan fingerprint density at radius 1 is 1.20 bits per heavy atom. The Balaban J connectivity index is 2.01. The monoisotopic (exact) mass is 286 g/mol. The van der Waals surface area contributed by atoms with Crippen LogP contribution in [0.2, 0.25) is 0 Å². The van der Waals surface area contributed by atoms with E-state index in [9.17, 15) is 13.2 Å². The number of nitrogens with zero attached hydrogens (tertiary/aromatic N) is 1. The molecule has 20 heavy (non-hydrogen) atoms. The third kappa shape index (κ3) is 3.98. The van der Waals surface area contributed by atoms with Crippen LogP contribution in [0.15, 0.2) is 30.5 Å². The van der Waals surface area contributed by atoms with Gasteiger partial charge in [0.1, 0.15) is 6.61 Å². The molecule has 6 heteroatoms. The number of hydrogen-bond acceptors (Lipinski definition) is 2. The lowest BCUT2D eigenvalue weighted by molar-refractivity contribution is -0.174. The quantitative estimate of drug-likeness (QED) is 0.829. The van der Waals surface area contributed by atoms with E-state index in [0.29, 0.717) is 13.1 Å². The Hall–Kier alpha value is -1.53. The Morgan fingerprint density at radius 2 is 2.00 bits per heavy atom. The van der Waals surface area contributed by atoms with Crippen molar-refractivity contribution in [1.29, 1.82) is 0 Å². The minimum atomic E-state index is -4.27. The summed E-state index contributed by atoms with van der Waals surface area (Å²) >= 11 is 0. The number of ether oxygens (including phenoxy) is 1. The highest BCUT2D eigenvalue weighted by Gasteiger charge is 2.27. The molecule has 0 bridgehead atoms. The van der Waals surface area contributed by atoms with Crippen molar-refractivity contribution in [3.05, 3.63) is 36.0 Å². The van der Waals surface area contributed by atoms with Crippen LogP contribution in [0.5, 0.6) is 0 Å². The zero-order valence-electron chi connectivity index (χ0n) is 11.0. The number of hydrogen-bond donors (Lipinski definition) is 1. The summed E-state index contributed by atoms with van der Waals surface area (Å²) in [5.41, 5.74) is 7.64. The molecule has 0 aliphatic heterocycles. The van der Waals surface area contributed by atoms with E-state index < -0.39 is 12.8 Å². The van der Waals surface area contributed by atoms with Gasteiger partial charge in [0.15, 0.2) is 0 Å². The second-order valence-corrected chi connectivity index (χ2v) is 4.61. The van der Waals surface area contributed by atoms with Gasteiger partial charge in [-0.25, -0.2) is 0 Å². The molecule has 0 amide bonds. The number of alkyl halides is 3. The highest BCUT2D eigenvalue weighted by atomic mass is 19.4. The topological polar surface area (TPSA) is 40.2 Å². The Kier molecular flexibility index (Phi) is 4.67. The van der Waals surface area contributed by atoms with Crippen molar-refractivity contribution in [2.24, 2.45) is 5.73 Å². The smallest absolute Gasteiger partial charge is 0.370 e. The van der Waals surface area contributed by atoms with Crippen molar-refractivity contribution in [2.75, 3.05) is 19.8 Å². The van der Waals surface area contributed by atoms with Gasteiger partial charge in [-0.1, -0.05) is 12.1 Å². The molecule has 110 valence electrons. The zero-order chi connectivity index (χ0) is 14.6. The normalized spacial score (nSPS) is 12.2. The standard InChI is InChI=1S/C14H17F3N2O/c15-14(16,17)10-20-8-7-19-6-4-12-2-1-11(3-5-18)9-13(12)19/h1-2,4,6,9H,3,5,7-8,10,18H2. The molecule has 0 saturated carbocycles. The van der Waals surface area contributed by atoms with Gasteiger partial charge in [0.25, 0.3) is 0 Å². The molecular formula is C14H17F3N2O. The number of benzene rings is 1. The van der Waals surface area contributed by atoms with Crippen LogP contribution in [-0.4, -0.2) is 30.5 Å². The summed E-state index contributed by atoms with van der Waals surface area (Å²) in [5.74, 6) is 0. The maximum Gasteiger partial charge on any atom is 0.411 e. The molecule has 1 heterocycles. The summed E-state index contributed by atoms with van der Waals surface area (Å²) < 4.78 is 42.4. The van der Waals surface area contributed by atoms with E-state index in [4.69, 9.17) is 5.73 Å². The predicted molar refractivity (Wildman–Crippen MR) is 71.6 cm³/mol. The van der Waals surface area contributed by atoms with Crippen molar-refractivity contribution in [3.63, 3.8) is 0 Å². The van der Waals surface area contributed by atoms with Crippen molar-refractivity contribution in [2.45, 2.75) is 19.1 Å². The number of halogens is 3. The molecule has 1 aromatic carbocycles. The van der Waals surface area contributed by atoms with Gasteiger partial charge in [-0.3, -0.25) is 0 Å². The van der Waals surface area contributed by atoms with E-state index in [0.717, 1.165) is 22.9 Å². The van der Waals surface area contributed by atoms with Crippen LogP contribution < -0.4 is 5.73 Å². The zero-order valence-corrected chi connectivity index (χ0v) is 11.0. The summed E-state index contributed by atoms with van der Waals surface area (Å²) in [6.07, 6.45) is -1.63. The summed E-state index contributed by atoms with van der Waals surface area (Å²) in [5, 5.41) is 1.06. The Morgan fingerprint density at radius 3 is 2.70 bits per heavy atom. The molecule has 0 spiro atoms. The van der Waals surface area contributed by atoms with Crippen molar-refractivity contribution in [1.82, 2.24) is 4.57 Å². The SMILES string of the molecule is NCCc1ccc2ccn(CCOCC(F)(F)F)c2c1. The molecule has 0 saturated heterocycles. The molecule has 3 nitrogen and oxygen atoms in total. The molecule has 0 aliphatic carbocycles. The molecule has 2 N–H and O–H groups in total. The molecule has 2 aromatic rings. The first-order chi connectivity index (χ1) is 9.49. The molecule has 0 fully saturated rings. The largest absolute Gasteiger partial charge is 0.411 e. The Labute approximate surface area is 115 Å². The van der Waals surface area contributed by atoms with Crippen molar-refractivity contribution < 1.29 is 17.9 Å². The molecule has 2 rings (SSSR count). The van der Waals surface area contributed by atoms with Crippen LogP contribution in [0.25, 0.3) is 10.9 Å². The van der Waals surface area contributed by atoms with E-state index in [1.807, 2.05) is 35.0 Å². The highest BCUT2D eigenvalue weighted by molar-refractivity contribution is 5.80. The average Bonchev–Trinajstić information content (AvgIpc) is 2.77. The fraction of sp³-hybridized carbons (Fsp3) is 0.429. The molecular weight excluding hydrogens is 269 g/mol. The third-order valence-electron chi connectivity index (χ3n) is 3.01. The van der Waals surface area contributed by atoms with Gasteiger partial charge in [-0.2, -0.15) is 13.2 Å². The van der Waals surface area contributed by atoms with E-state index in [2.05, 4.69) is 4.74 Å². The summed E-state index contributed by atoms with van der Waals surface area (Å²) in [6.45, 7) is -0.207. The number of fused-ring (bicyclic) bond motifs is 1. The molecule has 0 unspecified atom stereocenters. The number of nitrogens with two attached hydrogens (primary N) is 1. The summed E-state index contributed by atoms with van der Waals surface area (Å²) in [6, 6.07) is 7.96. The lowest BCUT2D eigenvalue weighted by Crippen LogP contribution is -2.18. The maximum atomic E-state index is 12.0. The number of aromatic nitrogens is 1. The molecule has 0 atom stereocenters. The summed E-state index contributed by atoms with van der Waals surface area (Å²) in [7, 11) is 0. The van der Waals surface area contributed by atoms with Gasteiger partial charge in [-0.15, -0.1) is 0 Å². The third-order valence-corrected chi connectivity index (χ3v) is 3.01. The lowest BCUT2D eigenvalue weighted by Gasteiger charge is -2.09. The van der Waals surface area contributed by atoms with Gasteiger partial charge in [0, 0.05) is 18.3 Å². The van der Waals surface area contributed by atoms with Crippen LogP contribution in [0, 0.1) is 0 Å². The molecule has 1 aromatic heterocycles. The first-order valence-electron chi connectivity index (χ1n) is 6.42. The fourth-order valence-electron chi connectivity index (χ4n) is 2.10. The highest BCUT2D eigenvalue weighted by Crippen LogP contribution is 2.18. The van der Waals surface area contributed by atoms with Crippen LogP contribution in [0.3, 0.4) is 0 Å². The summed E-state index contributed by atoms with van der Waals surface area (Å²) in [4.78, 5) is 0. The minimum Gasteiger partial charge on any atom is -0.370 e. The lowest BCUT2D eigenvalue weighted by atomic mass is 10.1. The first-order valence-corrected chi connectivity index (χ1v) is 6.42. The number of rotatable bonds is 6. The minimum absolute atomic E-state index is 0.0321. The predicted octanol–water partition coefficient (Wildman–Crippen LogP) is 2.72. The van der Waals surface area contributed by atoms with Gasteiger partial charge >= 0.3 is 6.18 Å². The van der Waals surface area contributed by atoms with Crippen LogP contribution in [-0.2, 0) is 17.7 Å². The van der Waals surface area contributed by atoms with Crippen LogP contribution >= 0.6 is 0 Å². The van der Waals surface area contributed by atoms with Gasteiger partial charge < -0.3 is 15.0 Å². The Bertz CT molecular complexity index is 563. The van der Waals surface area contributed by atoms with Gasteiger partial charge in [0.2, 0.25) is 0 Å². The van der Waals surface area contributed by atoms with Crippen LogP contribution in [0.1, 0.15) is 5.56 Å². The van der Waals surface area contributed by atoms with E-state index in [1.165, 1.54) is 0 Å². The first kappa shape index (κ1) is 14.9. The molecule has 0 aliphatic rings. The van der Waals surface area contributed by atoms with E-state index >= 15 is 0 Å². The fourth-order valence-corrected chi connectivity index (χ4v) is 2.10.